The Hall–Kier alpha value is -4.38. The lowest BCUT2D eigenvalue weighted by Crippen LogP contribution is -2.50. The average molecular weight is 614 g/mol. The number of nitrogen functional groups attached to an aromatic ring is 1. The molecule has 0 unspecified atom stereocenters. The Morgan fingerprint density at radius 1 is 1.05 bits per heavy atom. The van der Waals surface area contributed by atoms with Crippen LogP contribution in [-0.4, -0.2) is 48.3 Å². The molecular weight excluding hydrogens is 589 g/mol. The first-order chi connectivity index (χ1) is 19.9. The molecule has 0 spiro atoms. The van der Waals surface area contributed by atoms with Crippen molar-refractivity contribution in [2.75, 3.05) is 11.1 Å². The third-order valence-electron chi connectivity index (χ3n) is 8.29. The standard InChI is InChI=1S/C30H25BrFN7O2/c31-24-2-1-3-25(36-24)37-30(41)23-13-18-7-10-21(18)39(23)26(40)14-38-22-11-6-17(16-4-8-19(32)9-5-16)12-20(22)27-28(33)34-15-35-29(27)38/h1-6,8-9,11-12,15,18,21,23H,7,10,13-14H2,(H2,33,34,35)(H,36,37,41)/t18-,21-,23+/m1/s1. The fourth-order valence-electron chi connectivity index (χ4n) is 6.24. The normalized spacial score (nSPS) is 19.8. The number of benzene rings is 2. The molecule has 11 heteroatoms. The van der Waals surface area contributed by atoms with E-state index >= 15 is 0 Å². The van der Waals surface area contributed by atoms with Crippen LogP contribution in [0.15, 0.2) is 71.6 Å². The molecule has 1 saturated heterocycles. The topological polar surface area (TPSA) is 119 Å². The second-order valence-corrected chi connectivity index (χ2v) is 11.4. The SMILES string of the molecule is Nc1ncnc2c1c1cc(-c3ccc(F)cc3)ccc1n2CC(=O)N1[C@@H]2CC[C@@H]2C[C@H]1C(=O)Nc1cccc(Br)n1. The molecule has 41 heavy (non-hydrogen) atoms. The lowest BCUT2D eigenvalue weighted by molar-refractivity contribution is -0.140. The van der Waals surface area contributed by atoms with Crippen molar-refractivity contribution in [2.24, 2.45) is 5.92 Å². The van der Waals surface area contributed by atoms with Gasteiger partial charge in [-0.2, -0.15) is 0 Å². The number of anilines is 2. The van der Waals surface area contributed by atoms with E-state index < -0.39 is 6.04 Å². The minimum Gasteiger partial charge on any atom is -0.383 e. The number of hydrogen-bond acceptors (Lipinski definition) is 6. The number of carbonyl (C=O) groups excluding carboxylic acids is 2. The number of nitrogens with two attached hydrogens (primary N) is 1. The van der Waals surface area contributed by atoms with Gasteiger partial charge in [0, 0.05) is 11.4 Å². The largest absolute Gasteiger partial charge is 0.383 e. The van der Waals surface area contributed by atoms with E-state index in [1.54, 1.807) is 35.2 Å². The molecule has 1 saturated carbocycles. The third kappa shape index (κ3) is 4.40. The summed E-state index contributed by atoms with van der Waals surface area (Å²) in [4.78, 5) is 42.2. The van der Waals surface area contributed by atoms with Crippen molar-refractivity contribution in [1.29, 1.82) is 0 Å². The maximum absolute atomic E-state index is 14.0. The van der Waals surface area contributed by atoms with Gasteiger partial charge in [-0.3, -0.25) is 9.59 Å². The van der Waals surface area contributed by atoms with Gasteiger partial charge >= 0.3 is 0 Å². The van der Waals surface area contributed by atoms with E-state index in [-0.39, 0.29) is 30.2 Å². The van der Waals surface area contributed by atoms with E-state index in [0.717, 1.165) is 34.9 Å². The van der Waals surface area contributed by atoms with Crippen LogP contribution < -0.4 is 11.1 Å². The van der Waals surface area contributed by atoms with Crippen molar-refractivity contribution in [2.45, 2.75) is 37.9 Å². The Labute approximate surface area is 242 Å². The number of likely N-dealkylation sites (tertiary alicyclic amines) is 1. The minimum absolute atomic E-state index is 0.00547. The minimum atomic E-state index is -0.585. The highest BCUT2D eigenvalue weighted by Crippen LogP contribution is 2.44. The summed E-state index contributed by atoms with van der Waals surface area (Å²) < 4.78 is 16.0. The summed E-state index contributed by atoms with van der Waals surface area (Å²) in [6.07, 6.45) is 3.88. The Balaban J connectivity index is 1.24. The number of fused-ring (bicyclic) bond motifs is 4. The maximum Gasteiger partial charge on any atom is 0.248 e. The number of hydrogen-bond donors (Lipinski definition) is 2. The summed E-state index contributed by atoms with van der Waals surface area (Å²) >= 11 is 3.33. The van der Waals surface area contributed by atoms with Crippen molar-refractivity contribution in [3.8, 4) is 11.1 Å². The Morgan fingerprint density at radius 3 is 2.61 bits per heavy atom. The predicted molar refractivity (Wildman–Crippen MR) is 157 cm³/mol. The molecule has 7 rings (SSSR count). The quantitative estimate of drug-likeness (QED) is 0.265. The van der Waals surface area contributed by atoms with E-state index in [0.29, 0.717) is 39.6 Å². The second kappa shape index (κ2) is 9.91. The molecule has 1 aliphatic heterocycles. The molecule has 1 aliphatic carbocycles. The molecule has 206 valence electrons. The van der Waals surface area contributed by atoms with Gasteiger partial charge in [0.2, 0.25) is 11.8 Å². The van der Waals surface area contributed by atoms with Crippen LogP contribution in [0.25, 0.3) is 33.1 Å². The highest BCUT2D eigenvalue weighted by molar-refractivity contribution is 9.10. The first kappa shape index (κ1) is 25.6. The number of rotatable bonds is 5. The summed E-state index contributed by atoms with van der Waals surface area (Å²) in [6.45, 7) is -0.00547. The van der Waals surface area contributed by atoms with Gasteiger partial charge in [-0.05, 0) is 88.6 Å². The molecule has 3 atom stereocenters. The summed E-state index contributed by atoms with van der Waals surface area (Å²) in [5.74, 6) is 0.343. The van der Waals surface area contributed by atoms with E-state index in [9.17, 15) is 14.0 Å². The van der Waals surface area contributed by atoms with E-state index in [2.05, 4.69) is 36.2 Å². The van der Waals surface area contributed by atoms with Gasteiger partial charge in [0.1, 0.15) is 46.6 Å². The molecule has 2 aliphatic rings. The van der Waals surface area contributed by atoms with Gasteiger partial charge in [0.05, 0.1) is 10.9 Å². The number of nitrogens with one attached hydrogen (secondary N) is 1. The van der Waals surface area contributed by atoms with Crippen LogP contribution in [0, 0.1) is 11.7 Å². The van der Waals surface area contributed by atoms with Gasteiger partial charge in [-0.1, -0.05) is 24.3 Å². The van der Waals surface area contributed by atoms with Crippen LogP contribution in [0.5, 0.6) is 0 Å². The van der Waals surface area contributed by atoms with Crippen LogP contribution in [0.3, 0.4) is 0 Å². The second-order valence-electron chi connectivity index (χ2n) is 10.6. The molecule has 2 fully saturated rings. The van der Waals surface area contributed by atoms with Crippen molar-refractivity contribution in [3.63, 3.8) is 0 Å². The number of pyridine rings is 1. The number of aromatic nitrogens is 4. The van der Waals surface area contributed by atoms with Crippen LogP contribution in [-0.2, 0) is 16.1 Å². The Morgan fingerprint density at radius 2 is 1.85 bits per heavy atom. The molecular formula is C30H25BrFN7O2. The van der Waals surface area contributed by atoms with Crippen molar-refractivity contribution in [1.82, 2.24) is 24.4 Å². The van der Waals surface area contributed by atoms with Gasteiger partial charge in [-0.15, -0.1) is 0 Å². The zero-order chi connectivity index (χ0) is 28.2. The summed E-state index contributed by atoms with van der Waals surface area (Å²) in [7, 11) is 0. The first-order valence-corrected chi connectivity index (χ1v) is 14.2. The average Bonchev–Trinajstić information content (AvgIpc) is 3.40. The monoisotopic (exact) mass is 613 g/mol. The lowest BCUT2D eigenvalue weighted by atomic mass is 9.80. The van der Waals surface area contributed by atoms with Crippen LogP contribution >= 0.6 is 15.9 Å². The Bertz CT molecular complexity index is 1840. The summed E-state index contributed by atoms with van der Waals surface area (Å²) in [5, 5.41) is 4.34. The smallest absolute Gasteiger partial charge is 0.248 e. The zero-order valence-electron chi connectivity index (χ0n) is 21.8. The zero-order valence-corrected chi connectivity index (χ0v) is 23.4. The van der Waals surface area contributed by atoms with Gasteiger partial charge in [0.15, 0.2) is 0 Å². The van der Waals surface area contributed by atoms with E-state index in [1.165, 1.54) is 18.5 Å². The summed E-state index contributed by atoms with van der Waals surface area (Å²) in [5.41, 5.74) is 9.36. The molecule has 2 amide bonds. The first-order valence-electron chi connectivity index (χ1n) is 13.4. The molecule has 4 heterocycles. The van der Waals surface area contributed by atoms with Gasteiger partial charge < -0.3 is 20.5 Å². The Kier molecular flexibility index (Phi) is 6.19. The van der Waals surface area contributed by atoms with Crippen LogP contribution in [0.2, 0.25) is 0 Å². The van der Waals surface area contributed by atoms with Gasteiger partial charge in [-0.25, -0.2) is 19.3 Å². The molecule has 0 bridgehead atoms. The highest BCUT2D eigenvalue weighted by atomic mass is 79.9. The van der Waals surface area contributed by atoms with Crippen LogP contribution in [0.4, 0.5) is 16.0 Å². The van der Waals surface area contributed by atoms with Crippen molar-refractivity contribution in [3.05, 3.63) is 77.4 Å². The molecule has 3 N–H and O–H groups in total. The number of nitrogens with zero attached hydrogens (tertiary/aromatic N) is 5. The molecule has 2 aromatic carbocycles. The molecule has 3 aromatic heterocycles. The maximum atomic E-state index is 14.0. The highest BCUT2D eigenvalue weighted by Gasteiger charge is 2.51. The summed E-state index contributed by atoms with van der Waals surface area (Å²) in [6, 6.07) is 16.8. The predicted octanol–water partition coefficient (Wildman–Crippen LogP) is 5.15. The van der Waals surface area contributed by atoms with Crippen molar-refractivity contribution >= 4 is 61.3 Å². The molecule has 0 radical (unpaired) electrons. The lowest BCUT2D eigenvalue weighted by Gasteiger charge is -2.37. The number of halogens is 2. The fourth-order valence-corrected chi connectivity index (χ4v) is 6.58. The number of amides is 2. The van der Waals surface area contributed by atoms with Crippen LogP contribution in [0.1, 0.15) is 19.3 Å². The third-order valence-corrected chi connectivity index (χ3v) is 8.74. The molecule has 9 nitrogen and oxygen atoms in total. The number of carbonyl (C=O) groups is 2. The van der Waals surface area contributed by atoms with E-state index in [1.807, 2.05) is 22.8 Å². The fraction of sp³-hybridized carbons (Fsp3) is 0.233. The van der Waals surface area contributed by atoms with Gasteiger partial charge in [0.25, 0.3) is 0 Å². The van der Waals surface area contributed by atoms with E-state index in [4.69, 9.17) is 5.73 Å². The van der Waals surface area contributed by atoms with Crippen molar-refractivity contribution < 1.29 is 14.0 Å². The molecule has 5 aromatic rings.